The van der Waals surface area contributed by atoms with Crippen molar-refractivity contribution in [2.75, 3.05) is 23.5 Å². The molecule has 1 saturated heterocycles. The summed E-state index contributed by atoms with van der Waals surface area (Å²) in [6, 6.07) is 0. The van der Waals surface area contributed by atoms with Crippen molar-refractivity contribution in [1.82, 2.24) is 9.97 Å². The number of ether oxygens (including phenoxy) is 1. The van der Waals surface area contributed by atoms with Crippen LogP contribution in [0.2, 0.25) is 0 Å². The molecule has 0 amide bonds. The molecule has 124 valence electrons. The third-order valence-electron chi connectivity index (χ3n) is 4.39. The van der Waals surface area contributed by atoms with Crippen LogP contribution in [0.5, 0.6) is 0 Å². The first kappa shape index (κ1) is 15.9. The van der Waals surface area contributed by atoms with Gasteiger partial charge in [-0.1, -0.05) is 5.92 Å². The third kappa shape index (κ3) is 2.23. The molecular weight excluding hydrogens is 304 g/mol. The Balaban J connectivity index is 2.03. The largest absolute Gasteiger partial charge is 0.394 e. The summed E-state index contributed by atoms with van der Waals surface area (Å²) in [7, 11) is 0. The zero-order chi connectivity index (χ0) is 16.8. The van der Waals surface area contributed by atoms with E-state index in [1.807, 2.05) is 5.48 Å². The van der Waals surface area contributed by atoms with Crippen molar-refractivity contribution in [3.05, 3.63) is 11.9 Å². The van der Waals surface area contributed by atoms with Crippen molar-refractivity contribution in [2.24, 2.45) is 0 Å². The Morgan fingerprint density at radius 1 is 1.57 bits per heavy atom. The fourth-order valence-electron chi connectivity index (χ4n) is 3.17. The van der Waals surface area contributed by atoms with Crippen molar-refractivity contribution in [2.45, 2.75) is 36.9 Å². The molecule has 0 aromatic carbocycles. The molecule has 2 aliphatic rings. The molecule has 9 heteroatoms. The fourth-order valence-corrected chi connectivity index (χ4v) is 3.17. The van der Waals surface area contributed by atoms with Gasteiger partial charge in [0.15, 0.2) is 12.0 Å². The Morgan fingerprint density at radius 2 is 2.30 bits per heavy atom. The van der Waals surface area contributed by atoms with Gasteiger partial charge in [0.2, 0.25) is 0 Å². The molecule has 1 fully saturated rings. The zero-order valence-electron chi connectivity index (χ0n) is 12.4. The van der Waals surface area contributed by atoms with Crippen LogP contribution < -0.4 is 10.4 Å². The first-order valence-electron chi connectivity index (χ1n) is 7.10. The molecule has 0 radical (unpaired) electrons. The minimum absolute atomic E-state index is 0.178. The van der Waals surface area contributed by atoms with Crippen LogP contribution in [0, 0.1) is 12.3 Å². The van der Waals surface area contributed by atoms with Crippen molar-refractivity contribution >= 4 is 11.6 Å². The highest BCUT2D eigenvalue weighted by Gasteiger charge is 2.56. The summed E-state index contributed by atoms with van der Waals surface area (Å²) in [5.74, 6) is 2.74. The first-order chi connectivity index (χ1) is 11.0. The van der Waals surface area contributed by atoms with E-state index in [0.717, 1.165) is 0 Å². The number of hydrogen-bond acceptors (Lipinski definition) is 9. The standard InChI is InChI=1S/C14H18N4O5/c1-3-7-4-18(12-9(7)11(17-22)15-6-16-12)13-14(2,21)10(20)8(5-19)23-13/h1,6-8,10,13,19-22H,4-5H2,2H3,(H,15,16,17)/t7?,8?,10-,13?,14?/m1/s1. The van der Waals surface area contributed by atoms with Crippen LogP contribution in [0.3, 0.4) is 0 Å². The minimum atomic E-state index is -1.63. The molecule has 0 aliphatic carbocycles. The van der Waals surface area contributed by atoms with E-state index < -0.39 is 36.6 Å². The number of terminal acetylenes is 1. The van der Waals surface area contributed by atoms with E-state index in [1.165, 1.54) is 13.3 Å². The normalized spacial score (nSPS) is 35.9. The summed E-state index contributed by atoms with van der Waals surface area (Å²) in [5, 5.41) is 39.2. The predicted octanol–water partition coefficient (Wildman–Crippen LogP) is -1.36. The second kappa shape index (κ2) is 5.59. The quantitative estimate of drug-likeness (QED) is 0.338. The van der Waals surface area contributed by atoms with Crippen LogP contribution in [0.25, 0.3) is 0 Å². The highest BCUT2D eigenvalue weighted by Crippen LogP contribution is 2.43. The molecule has 5 N–H and O–H groups in total. The summed E-state index contributed by atoms with van der Waals surface area (Å²) in [6.07, 6.45) is 3.66. The Morgan fingerprint density at radius 3 is 2.87 bits per heavy atom. The average Bonchev–Trinajstić information content (AvgIpc) is 3.03. The number of rotatable bonds is 3. The lowest BCUT2D eigenvalue weighted by Crippen LogP contribution is -2.53. The second-order valence-electron chi connectivity index (χ2n) is 5.82. The van der Waals surface area contributed by atoms with Gasteiger partial charge in [0.1, 0.15) is 30.0 Å². The Labute approximate surface area is 132 Å². The number of nitrogens with zero attached hydrogens (tertiary/aromatic N) is 3. The van der Waals surface area contributed by atoms with E-state index in [0.29, 0.717) is 11.4 Å². The lowest BCUT2D eigenvalue weighted by atomic mass is 9.96. The Kier molecular flexibility index (Phi) is 3.87. The molecule has 3 heterocycles. The molecule has 1 aromatic heterocycles. The van der Waals surface area contributed by atoms with Gasteiger partial charge in [0.05, 0.1) is 18.1 Å². The van der Waals surface area contributed by atoms with Crippen molar-refractivity contribution < 1.29 is 25.3 Å². The van der Waals surface area contributed by atoms with Crippen LogP contribution in [-0.4, -0.2) is 67.7 Å². The van der Waals surface area contributed by atoms with Gasteiger partial charge in [-0.25, -0.2) is 9.97 Å². The molecule has 2 aliphatic heterocycles. The van der Waals surface area contributed by atoms with Crippen molar-refractivity contribution in [3.8, 4) is 12.3 Å². The molecule has 4 unspecified atom stereocenters. The predicted molar refractivity (Wildman–Crippen MR) is 78.7 cm³/mol. The van der Waals surface area contributed by atoms with Gasteiger partial charge in [0.25, 0.3) is 0 Å². The van der Waals surface area contributed by atoms with Gasteiger partial charge in [-0.15, -0.1) is 6.42 Å². The topological polar surface area (TPSA) is 131 Å². The highest BCUT2D eigenvalue weighted by molar-refractivity contribution is 5.66. The molecule has 0 bridgehead atoms. The maximum Gasteiger partial charge on any atom is 0.163 e. The number of anilines is 2. The van der Waals surface area contributed by atoms with Crippen LogP contribution in [0.4, 0.5) is 11.6 Å². The molecule has 0 spiro atoms. The van der Waals surface area contributed by atoms with Crippen LogP contribution >= 0.6 is 0 Å². The first-order valence-corrected chi connectivity index (χ1v) is 7.10. The Hall–Kier alpha value is -1.96. The number of nitrogens with one attached hydrogen (secondary N) is 1. The van der Waals surface area contributed by atoms with E-state index in [4.69, 9.17) is 11.2 Å². The maximum absolute atomic E-state index is 10.6. The van der Waals surface area contributed by atoms with Gasteiger partial charge < -0.3 is 25.0 Å². The van der Waals surface area contributed by atoms with Crippen molar-refractivity contribution in [3.63, 3.8) is 0 Å². The molecule has 3 rings (SSSR count). The maximum atomic E-state index is 10.6. The summed E-state index contributed by atoms with van der Waals surface area (Å²) >= 11 is 0. The smallest absolute Gasteiger partial charge is 0.163 e. The highest BCUT2D eigenvalue weighted by atomic mass is 16.6. The van der Waals surface area contributed by atoms with Gasteiger partial charge in [-0.3, -0.25) is 10.7 Å². The lowest BCUT2D eigenvalue weighted by Gasteiger charge is -2.34. The van der Waals surface area contributed by atoms with Gasteiger partial charge in [-0.05, 0) is 6.92 Å². The summed E-state index contributed by atoms with van der Waals surface area (Å²) in [5.41, 5.74) is 0.866. The second-order valence-corrected chi connectivity index (χ2v) is 5.82. The molecule has 1 aromatic rings. The summed E-state index contributed by atoms with van der Waals surface area (Å²) in [4.78, 5) is 9.70. The van der Waals surface area contributed by atoms with Gasteiger partial charge >= 0.3 is 0 Å². The summed E-state index contributed by atoms with van der Waals surface area (Å²) < 4.78 is 5.61. The summed E-state index contributed by atoms with van der Waals surface area (Å²) in [6.45, 7) is 1.26. The Bertz CT molecular complexity index is 647. The van der Waals surface area contributed by atoms with E-state index in [1.54, 1.807) is 4.90 Å². The van der Waals surface area contributed by atoms with Gasteiger partial charge in [0, 0.05) is 6.54 Å². The fraction of sp³-hybridized carbons (Fsp3) is 0.571. The molecule has 23 heavy (non-hydrogen) atoms. The number of aromatic nitrogens is 2. The van der Waals surface area contributed by atoms with Crippen LogP contribution in [0.15, 0.2) is 6.33 Å². The van der Waals surface area contributed by atoms with Gasteiger partial charge in [-0.2, -0.15) is 0 Å². The molecule has 9 nitrogen and oxygen atoms in total. The number of aliphatic hydroxyl groups excluding tert-OH is 2. The van der Waals surface area contributed by atoms with Crippen LogP contribution in [-0.2, 0) is 4.74 Å². The number of fused-ring (bicyclic) bond motifs is 1. The molecule has 0 saturated carbocycles. The van der Waals surface area contributed by atoms with Crippen molar-refractivity contribution in [1.29, 1.82) is 0 Å². The number of aliphatic hydroxyl groups is 3. The monoisotopic (exact) mass is 322 g/mol. The molecular formula is C14H18N4O5. The SMILES string of the molecule is C#CC1CN(C2OC(CO)[C@@H](O)C2(C)O)c2ncnc(NO)c21. The van der Waals surface area contributed by atoms with Crippen LogP contribution in [0.1, 0.15) is 18.4 Å². The minimum Gasteiger partial charge on any atom is -0.394 e. The third-order valence-corrected chi connectivity index (χ3v) is 4.39. The lowest BCUT2D eigenvalue weighted by molar-refractivity contribution is -0.0632. The van der Waals surface area contributed by atoms with E-state index in [2.05, 4.69) is 15.9 Å². The number of hydrogen-bond donors (Lipinski definition) is 5. The van der Waals surface area contributed by atoms with E-state index in [9.17, 15) is 20.5 Å². The van der Waals surface area contributed by atoms with E-state index in [-0.39, 0.29) is 12.4 Å². The zero-order valence-corrected chi connectivity index (χ0v) is 12.4. The average molecular weight is 322 g/mol. The molecule has 5 atom stereocenters. The van der Waals surface area contributed by atoms with E-state index >= 15 is 0 Å².